The number of likely N-dealkylation sites (tertiary alicyclic amines) is 1. The summed E-state index contributed by atoms with van der Waals surface area (Å²) in [7, 11) is 0. The summed E-state index contributed by atoms with van der Waals surface area (Å²) in [4.78, 5) is 25.0. The smallest absolute Gasteiger partial charge is 0.239 e. The fraction of sp³-hybridized carbons (Fsp3) is 0.833. The first-order chi connectivity index (χ1) is 7.90. The Balaban J connectivity index is 2.53. The zero-order valence-electron chi connectivity index (χ0n) is 10.7. The summed E-state index contributed by atoms with van der Waals surface area (Å²) in [6.45, 7) is 4.86. The summed E-state index contributed by atoms with van der Waals surface area (Å²) in [6, 6.07) is -0.440. The van der Waals surface area contributed by atoms with Crippen molar-refractivity contribution < 1.29 is 9.59 Å². The van der Waals surface area contributed by atoms with E-state index in [1.54, 1.807) is 11.8 Å². The van der Waals surface area contributed by atoms with Crippen molar-refractivity contribution in [1.82, 2.24) is 4.90 Å². The van der Waals surface area contributed by atoms with Gasteiger partial charge in [-0.05, 0) is 19.8 Å². The summed E-state index contributed by atoms with van der Waals surface area (Å²) in [5, 5.41) is 0. The molecule has 4 N–H and O–H groups in total. The van der Waals surface area contributed by atoms with Crippen LogP contribution in [0.4, 0.5) is 0 Å². The second-order valence-electron chi connectivity index (χ2n) is 5.18. The number of carbonyl (C=O) groups excluding carboxylic acids is 2. The van der Waals surface area contributed by atoms with E-state index in [1.807, 2.05) is 0 Å². The summed E-state index contributed by atoms with van der Waals surface area (Å²) in [5.74, 6) is -0.390. The van der Waals surface area contributed by atoms with Crippen molar-refractivity contribution in [1.29, 1.82) is 0 Å². The Bertz CT molecular complexity index is 306. The van der Waals surface area contributed by atoms with Gasteiger partial charge in [0.2, 0.25) is 11.8 Å². The minimum absolute atomic E-state index is 0.0524. The van der Waals surface area contributed by atoms with Gasteiger partial charge in [-0.15, -0.1) is 0 Å². The molecule has 1 unspecified atom stereocenters. The van der Waals surface area contributed by atoms with Gasteiger partial charge >= 0.3 is 0 Å². The maximum Gasteiger partial charge on any atom is 0.239 e. The Hall–Kier alpha value is -1.10. The molecule has 2 atom stereocenters. The Morgan fingerprint density at radius 3 is 2.59 bits per heavy atom. The molecule has 0 aromatic carbocycles. The summed E-state index contributed by atoms with van der Waals surface area (Å²) >= 11 is 0. The zero-order chi connectivity index (χ0) is 13.1. The minimum atomic E-state index is -0.583. The molecule has 0 aromatic rings. The van der Waals surface area contributed by atoms with Crippen molar-refractivity contribution in [2.24, 2.45) is 16.9 Å². The summed E-state index contributed by atoms with van der Waals surface area (Å²) in [6.07, 6.45) is 3.32. The molecule has 5 heteroatoms. The van der Waals surface area contributed by atoms with E-state index in [1.165, 1.54) is 0 Å². The topological polar surface area (TPSA) is 89.4 Å². The van der Waals surface area contributed by atoms with Crippen molar-refractivity contribution in [2.45, 2.75) is 45.6 Å². The lowest BCUT2D eigenvalue weighted by Gasteiger charge is -2.23. The van der Waals surface area contributed by atoms with E-state index < -0.39 is 11.5 Å². The lowest BCUT2D eigenvalue weighted by molar-refractivity contribution is -0.133. The number of carbonyl (C=O) groups is 2. The fourth-order valence-corrected chi connectivity index (χ4v) is 2.13. The van der Waals surface area contributed by atoms with E-state index in [4.69, 9.17) is 11.5 Å². The van der Waals surface area contributed by atoms with Crippen LogP contribution in [-0.4, -0.2) is 35.8 Å². The van der Waals surface area contributed by atoms with Gasteiger partial charge in [0.1, 0.15) is 0 Å². The Morgan fingerprint density at radius 1 is 1.47 bits per heavy atom. The third kappa shape index (κ3) is 3.19. The Labute approximate surface area is 103 Å². The van der Waals surface area contributed by atoms with Crippen LogP contribution in [0.3, 0.4) is 0 Å². The molecule has 0 spiro atoms. The van der Waals surface area contributed by atoms with Gasteiger partial charge in [-0.2, -0.15) is 0 Å². The van der Waals surface area contributed by atoms with Crippen LogP contribution in [-0.2, 0) is 9.59 Å². The Morgan fingerprint density at radius 2 is 2.12 bits per heavy atom. The molecule has 98 valence electrons. The molecule has 0 aromatic heterocycles. The molecule has 0 aliphatic carbocycles. The maximum atomic E-state index is 12.0. The van der Waals surface area contributed by atoms with Gasteiger partial charge in [0.25, 0.3) is 0 Å². The first kappa shape index (κ1) is 14.0. The van der Waals surface area contributed by atoms with Crippen molar-refractivity contribution in [3.8, 4) is 0 Å². The van der Waals surface area contributed by atoms with Crippen LogP contribution in [0.5, 0.6) is 0 Å². The highest BCUT2D eigenvalue weighted by Gasteiger charge is 2.41. The van der Waals surface area contributed by atoms with E-state index >= 15 is 0 Å². The van der Waals surface area contributed by atoms with Gasteiger partial charge in [-0.3, -0.25) is 9.59 Å². The van der Waals surface area contributed by atoms with E-state index in [2.05, 4.69) is 6.92 Å². The molecule has 5 nitrogen and oxygen atoms in total. The van der Waals surface area contributed by atoms with E-state index in [0.717, 1.165) is 12.8 Å². The normalized spacial score (nSPS) is 25.9. The van der Waals surface area contributed by atoms with Crippen LogP contribution in [0.25, 0.3) is 0 Å². The van der Waals surface area contributed by atoms with Gasteiger partial charge in [0, 0.05) is 13.1 Å². The average molecular weight is 241 g/mol. The quantitative estimate of drug-likeness (QED) is 0.722. The number of amides is 2. The van der Waals surface area contributed by atoms with Crippen LogP contribution >= 0.6 is 0 Å². The van der Waals surface area contributed by atoms with E-state index in [-0.39, 0.29) is 11.8 Å². The molecule has 0 saturated carbocycles. The molecule has 1 rings (SSSR count). The number of unbranched alkanes of at least 4 members (excludes halogenated alkanes) is 1. The van der Waals surface area contributed by atoms with Crippen molar-refractivity contribution in [3.05, 3.63) is 0 Å². The highest BCUT2D eigenvalue weighted by atomic mass is 16.2. The number of primary amides is 1. The molecule has 1 aliphatic heterocycles. The number of rotatable bonds is 5. The lowest BCUT2D eigenvalue weighted by atomic mass is 9.89. The van der Waals surface area contributed by atoms with E-state index in [0.29, 0.717) is 25.9 Å². The first-order valence-electron chi connectivity index (χ1n) is 6.25. The standard InChI is InChI=1S/C12H23N3O2/c1-3-4-5-9(13)10(16)15-7-6-12(2,8-15)11(14)17/h9H,3-8,13H2,1-2H3,(H2,14,17)/t9-,12?/m0/s1. The molecule has 1 saturated heterocycles. The highest BCUT2D eigenvalue weighted by Crippen LogP contribution is 2.29. The SMILES string of the molecule is CCCC[C@H](N)C(=O)N1CCC(C)(C(N)=O)C1. The van der Waals surface area contributed by atoms with E-state index in [9.17, 15) is 9.59 Å². The molecule has 0 bridgehead atoms. The minimum Gasteiger partial charge on any atom is -0.369 e. The molecule has 17 heavy (non-hydrogen) atoms. The van der Waals surface area contributed by atoms with Gasteiger partial charge in [-0.25, -0.2) is 0 Å². The van der Waals surface area contributed by atoms with Crippen LogP contribution < -0.4 is 11.5 Å². The molecule has 1 heterocycles. The number of nitrogens with zero attached hydrogens (tertiary/aromatic N) is 1. The third-order valence-corrected chi connectivity index (χ3v) is 3.57. The second kappa shape index (κ2) is 5.49. The molecular formula is C12H23N3O2. The second-order valence-corrected chi connectivity index (χ2v) is 5.18. The molecule has 0 radical (unpaired) electrons. The lowest BCUT2D eigenvalue weighted by Crippen LogP contribution is -2.45. The van der Waals surface area contributed by atoms with Crippen molar-refractivity contribution in [3.63, 3.8) is 0 Å². The third-order valence-electron chi connectivity index (χ3n) is 3.57. The maximum absolute atomic E-state index is 12.0. The van der Waals surface area contributed by atoms with Crippen molar-refractivity contribution in [2.75, 3.05) is 13.1 Å². The fourth-order valence-electron chi connectivity index (χ4n) is 2.13. The Kier molecular flexibility index (Phi) is 4.51. The predicted octanol–water partition coefficient (Wildman–Crippen LogP) is 0.228. The van der Waals surface area contributed by atoms with Gasteiger partial charge < -0.3 is 16.4 Å². The number of hydrogen-bond donors (Lipinski definition) is 2. The largest absolute Gasteiger partial charge is 0.369 e. The van der Waals surface area contributed by atoms with Crippen molar-refractivity contribution >= 4 is 11.8 Å². The molecule has 1 fully saturated rings. The van der Waals surface area contributed by atoms with Gasteiger partial charge in [-0.1, -0.05) is 19.8 Å². The molecule has 1 aliphatic rings. The van der Waals surface area contributed by atoms with Crippen LogP contribution in [0.15, 0.2) is 0 Å². The number of hydrogen-bond acceptors (Lipinski definition) is 3. The van der Waals surface area contributed by atoms with Crippen LogP contribution in [0.1, 0.15) is 39.5 Å². The van der Waals surface area contributed by atoms with Gasteiger partial charge in [0.05, 0.1) is 11.5 Å². The van der Waals surface area contributed by atoms with Crippen LogP contribution in [0.2, 0.25) is 0 Å². The number of nitrogens with two attached hydrogens (primary N) is 2. The average Bonchev–Trinajstić information content (AvgIpc) is 2.69. The summed E-state index contributed by atoms with van der Waals surface area (Å²) < 4.78 is 0. The zero-order valence-corrected chi connectivity index (χ0v) is 10.7. The summed E-state index contributed by atoms with van der Waals surface area (Å²) in [5.41, 5.74) is 10.6. The molecular weight excluding hydrogens is 218 g/mol. The highest BCUT2D eigenvalue weighted by molar-refractivity contribution is 5.85. The first-order valence-corrected chi connectivity index (χ1v) is 6.25. The monoisotopic (exact) mass is 241 g/mol. The van der Waals surface area contributed by atoms with Gasteiger partial charge in [0.15, 0.2) is 0 Å². The predicted molar refractivity (Wildman–Crippen MR) is 66.0 cm³/mol. The molecule has 2 amide bonds. The van der Waals surface area contributed by atoms with Crippen LogP contribution in [0, 0.1) is 5.41 Å².